The number of benzene rings is 3. The Morgan fingerprint density at radius 2 is 1.76 bits per heavy atom. The lowest BCUT2D eigenvalue weighted by molar-refractivity contribution is -0.113. The van der Waals surface area contributed by atoms with Crippen LogP contribution in [0.2, 0.25) is 10.0 Å². The van der Waals surface area contributed by atoms with Gasteiger partial charge in [0.05, 0.1) is 10.8 Å². The van der Waals surface area contributed by atoms with Crippen molar-refractivity contribution in [2.24, 2.45) is 0 Å². The van der Waals surface area contributed by atoms with Gasteiger partial charge in [-0.25, -0.2) is 0 Å². The smallest absolute Gasteiger partial charge is 0.234 e. The number of rotatable bonds is 8. The van der Waals surface area contributed by atoms with Gasteiger partial charge in [0, 0.05) is 16.4 Å². The van der Waals surface area contributed by atoms with Crippen LogP contribution in [0.3, 0.4) is 0 Å². The standard InChI is InChI=1S/C25H22Cl2N4O2S/c1-16-12-13-18(14-21(16)27)28-23(32)15-34-25-30-29-24(31(25)19-8-4-3-5-9-19)17(2)33-22-11-7-6-10-20(22)26/h3-14,17H,15H2,1-2H3,(H,28,32). The number of carbonyl (C=O) groups is 1. The van der Waals surface area contributed by atoms with Crippen molar-refractivity contribution in [3.63, 3.8) is 0 Å². The zero-order chi connectivity index (χ0) is 24.1. The number of amides is 1. The van der Waals surface area contributed by atoms with E-state index in [9.17, 15) is 4.79 Å². The van der Waals surface area contributed by atoms with E-state index in [1.807, 2.05) is 73.0 Å². The van der Waals surface area contributed by atoms with Gasteiger partial charge < -0.3 is 10.1 Å². The summed E-state index contributed by atoms with van der Waals surface area (Å²) in [6, 6.07) is 22.4. The van der Waals surface area contributed by atoms with E-state index >= 15 is 0 Å². The van der Waals surface area contributed by atoms with Gasteiger partial charge in [-0.15, -0.1) is 10.2 Å². The maximum atomic E-state index is 12.6. The molecule has 9 heteroatoms. The molecule has 6 nitrogen and oxygen atoms in total. The number of thioether (sulfide) groups is 1. The molecule has 4 rings (SSSR count). The van der Waals surface area contributed by atoms with E-state index in [2.05, 4.69) is 15.5 Å². The SMILES string of the molecule is Cc1ccc(NC(=O)CSc2nnc(C(C)Oc3ccccc3Cl)n2-c2ccccc2)cc1Cl. The second kappa shape index (κ2) is 11.0. The van der Waals surface area contributed by atoms with Crippen molar-refractivity contribution in [2.45, 2.75) is 25.1 Å². The zero-order valence-corrected chi connectivity index (χ0v) is 20.9. The van der Waals surface area contributed by atoms with Gasteiger partial charge in [0.1, 0.15) is 5.75 Å². The fourth-order valence-electron chi connectivity index (χ4n) is 3.24. The fraction of sp³-hybridized carbons (Fsp3) is 0.160. The summed E-state index contributed by atoms with van der Waals surface area (Å²) in [5.41, 5.74) is 2.46. The lowest BCUT2D eigenvalue weighted by atomic mass is 10.2. The molecule has 0 aliphatic carbocycles. The quantitative estimate of drug-likeness (QED) is 0.264. The Bertz CT molecular complexity index is 1300. The van der Waals surface area contributed by atoms with Crippen LogP contribution in [0.15, 0.2) is 78.0 Å². The molecule has 1 amide bonds. The summed E-state index contributed by atoms with van der Waals surface area (Å²) in [7, 11) is 0. The first kappa shape index (κ1) is 24.1. The molecule has 0 saturated carbocycles. The number of anilines is 1. The summed E-state index contributed by atoms with van der Waals surface area (Å²) in [5, 5.41) is 13.3. The number of nitrogens with one attached hydrogen (secondary N) is 1. The zero-order valence-electron chi connectivity index (χ0n) is 18.5. The molecule has 4 aromatic rings. The molecule has 0 fully saturated rings. The van der Waals surface area contributed by atoms with E-state index in [4.69, 9.17) is 27.9 Å². The molecule has 1 atom stereocenters. The highest BCUT2D eigenvalue weighted by molar-refractivity contribution is 7.99. The highest BCUT2D eigenvalue weighted by atomic mass is 35.5. The third-order valence-electron chi connectivity index (χ3n) is 4.96. The van der Waals surface area contributed by atoms with Crippen LogP contribution < -0.4 is 10.1 Å². The van der Waals surface area contributed by atoms with Gasteiger partial charge in [-0.05, 0) is 55.8 Å². The van der Waals surface area contributed by atoms with Crippen LogP contribution in [0.4, 0.5) is 5.69 Å². The molecule has 34 heavy (non-hydrogen) atoms. The van der Waals surface area contributed by atoms with E-state index in [0.717, 1.165) is 11.3 Å². The van der Waals surface area contributed by atoms with E-state index in [1.165, 1.54) is 11.8 Å². The highest BCUT2D eigenvalue weighted by Crippen LogP contribution is 2.31. The molecular weight excluding hydrogens is 491 g/mol. The summed E-state index contributed by atoms with van der Waals surface area (Å²) < 4.78 is 7.97. The van der Waals surface area contributed by atoms with Gasteiger partial charge in [-0.2, -0.15) is 0 Å². The van der Waals surface area contributed by atoms with Crippen molar-refractivity contribution in [2.75, 3.05) is 11.1 Å². The van der Waals surface area contributed by atoms with Gasteiger partial charge in [0.2, 0.25) is 5.91 Å². The maximum Gasteiger partial charge on any atom is 0.234 e. The number of para-hydroxylation sites is 2. The third-order valence-corrected chi connectivity index (χ3v) is 6.61. The lowest BCUT2D eigenvalue weighted by Crippen LogP contribution is -2.15. The molecule has 1 unspecified atom stereocenters. The van der Waals surface area contributed by atoms with Crippen LogP contribution in [-0.4, -0.2) is 26.4 Å². The second-order valence-electron chi connectivity index (χ2n) is 7.50. The molecule has 0 saturated heterocycles. The molecule has 0 radical (unpaired) electrons. The Balaban J connectivity index is 1.54. The number of hydrogen-bond donors (Lipinski definition) is 1. The van der Waals surface area contributed by atoms with Crippen LogP contribution in [-0.2, 0) is 4.79 Å². The van der Waals surface area contributed by atoms with Crippen LogP contribution in [0.1, 0.15) is 24.4 Å². The van der Waals surface area contributed by atoms with Crippen molar-refractivity contribution in [3.05, 3.63) is 94.2 Å². The van der Waals surface area contributed by atoms with Gasteiger partial charge in [-0.1, -0.05) is 71.4 Å². The fourth-order valence-corrected chi connectivity index (χ4v) is 4.36. The summed E-state index contributed by atoms with van der Waals surface area (Å²) >= 11 is 13.7. The Labute approximate surface area is 212 Å². The summed E-state index contributed by atoms with van der Waals surface area (Å²) in [4.78, 5) is 12.6. The van der Waals surface area contributed by atoms with Crippen LogP contribution in [0.25, 0.3) is 5.69 Å². The lowest BCUT2D eigenvalue weighted by Gasteiger charge is -2.17. The van der Waals surface area contributed by atoms with Crippen LogP contribution in [0.5, 0.6) is 5.75 Å². The Morgan fingerprint density at radius 3 is 2.50 bits per heavy atom. The van der Waals surface area contributed by atoms with Crippen molar-refractivity contribution < 1.29 is 9.53 Å². The average Bonchev–Trinajstić information content (AvgIpc) is 3.26. The van der Waals surface area contributed by atoms with Gasteiger partial charge in [0.25, 0.3) is 0 Å². The van der Waals surface area contributed by atoms with Gasteiger partial charge in [0.15, 0.2) is 17.1 Å². The minimum atomic E-state index is -0.439. The molecular formula is C25H22Cl2N4O2S. The first-order chi connectivity index (χ1) is 16.4. The largest absolute Gasteiger partial charge is 0.481 e. The van der Waals surface area contributed by atoms with Gasteiger partial charge >= 0.3 is 0 Å². The monoisotopic (exact) mass is 512 g/mol. The third kappa shape index (κ3) is 5.73. The molecule has 1 heterocycles. The first-order valence-corrected chi connectivity index (χ1v) is 12.3. The Morgan fingerprint density at radius 1 is 1.03 bits per heavy atom. The average molecular weight is 513 g/mol. The molecule has 1 N–H and O–H groups in total. The second-order valence-corrected chi connectivity index (χ2v) is 9.26. The maximum absolute atomic E-state index is 12.6. The molecule has 174 valence electrons. The van der Waals surface area contributed by atoms with E-state index < -0.39 is 6.10 Å². The Hall–Kier alpha value is -3.00. The number of halogens is 2. The van der Waals surface area contributed by atoms with Crippen molar-refractivity contribution in [3.8, 4) is 11.4 Å². The molecule has 1 aromatic heterocycles. The number of ether oxygens (including phenoxy) is 1. The van der Waals surface area contributed by atoms with E-state index in [0.29, 0.717) is 32.5 Å². The molecule has 0 spiro atoms. The molecule has 0 bridgehead atoms. The highest BCUT2D eigenvalue weighted by Gasteiger charge is 2.22. The molecule has 0 aliphatic rings. The van der Waals surface area contributed by atoms with Crippen molar-refractivity contribution in [1.29, 1.82) is 0 Å². The van der Waals surface area contributed by atoms with Crippen LogP contribution >= 0.6 is 35.0 Å². The predicted molar refractivity (Wildman–Crippen MR) is 137 cm³/mol. The van der Waals surface area contributed by atoms with E-state index in [-0.39, 0.29) is 11.7 Å². The van der Waals surface area contributed by atoms with Gasteiger partial charge in [-0.3, -0.25) is 9.36 Å². The predicted octanol–water partition coefficient (Wildman–Crippen LogP) is 6.75. The summed E-state index contributed by atoms with van der Waals surface area (Å²) in [6.07, 6.45) is -0.439. The first-order valence-electron chi connectivity index (χ1n) is 10.5. The molecule has 3 aromatic carbocycles. The topological polar surface area (TPSA) is 69.0 Å². The molecule has 0 aliphatic heterocycles. The van der Waals surface area contributed by atoms with E-state index in [1.54, 1.807) is 18.2 Å². The van der Waals surface area contributed by atoms with Crippen molar-refractivity contribution >= 4 is 46.6 Å². The summed E-state index contributed by atoms with van der Waals surface area (Å²) in [5.74, 6) is 1.13. The number of hydrogen-bond acceptors (Lipinski definition) is 5. The number of carbonyl (C=O) groups excluding carboxylic acids is 1. The van der Waals surface area contributed by atoms with Crippen molar-refractivity contribution in [1.82, 2.24) is 14.8 Å². The normalized spacial score (nSPS) is 11.8. The number of aromatic nitrogens is 3. The minimum absolute atomic E-state index is 0.149. The number of aryl methyl sites for hydroxylation is 1. The Kier molecular flexibility index (Phi) is 7.77. The minimum Gasteiger partial charge on any atom is -0.481 e. The van der Waals surface area contributed by atoms with Crippen LogP contribution in [0, 0.1) is 6.92 Å². The summed E-state index contributed by atoms with van der Waals surface area (Å²) in [6.45, 7) is 3.79. The number of nitrogens with zero attached hydrogens (tertiary/aromatic N) is 3.